The maximum absolute atomic E-state index is 8.64. The summed E-state index contributed by atoms with van der Waals surface area (Å²) >= 11 is 0. The molecule has 0 heterocycles. The number of hydrogen-bond donors (Lipinski definition) is 1. The Labute approximate surface area is 128 Å². The van der Waals surface area contributed by atoms with Crippen molar-refractivity contribution in [2.45, 2.75) is 0 Å². The van der Waals surface area contributed by atoms with Gasteiger partial charge in [-0.25, -0.2) is 0 Å². The molecule has 0 saturated heterocycles. The van der Waals surface area contributed by atoms with Crippen molar-refractivity contribution in [2.75, 3.05) is 12.4 Å². The van der Waals surface area contributed by atoms with Crippen LogP contribution in [0.15, 0.2) is 60.3 Å². The van der Waals surface area contributed by atoms with Crippen LogP contribution in [0.25, 0.3) is 0 Å². The van der Waals surface area contributed by atoms with E-state index in [-0.39, 0.29) is 5.57 Å². The number of allylic oxidation sites excluding steroid dienone is 1. The number of ether oxygens (including phenoxy) is 2. The van der Waals surface area contributed by atoms with Crippen LogP contribution in [0.3, 0.4) is 0 Å². The molecule has 0 radical (unpaired) electrons. The normalized spacial score (nSPS) is 9.05. The number of rotatable bonds is 5. The van der Waals surface area contributed by atoms with E-state index in [0.717, 1.165) is 11.4 Å². The molecule has 108 valence electrons. The van der Waals surface area contributed by atoms with Crippen LogP contribution in [0, 0.1) is 22.7 Å². The lowest BCUT2D eigenvalue weighted by atomic mass is 10.3. The second-order valence-corrected chi connectivity index (χ2v) is 4.23. The predicted molar refractivity (Wildman–Crippen MR) is 82.4 cm³/mol. The second-order valence-electron chi connectivity index (χ2n) is 4.23. The van der Waals surface area contributed by atoms with Gasteiger partial charge < -0.3 is 14.8 Å². The van der Waals surface area contributed by atoms with Crippen LogP contribution < -0.4 is 14.8 Å². The maximum Gasteiger partial charge on any atom is 0.145 e. The van der Waals surface area contributed by atoms with Gasteiger partial charge in [-0.05, 0) is 48.5 Å². The van der Waals surface area contributed by atoms with Crippen molar-refractivity contribution in [1.82, 2.24) is 0 Å². The summed E-state index contributed by atoms with van der Waals surface area (Å²) in [6.07, 6.45) is 1.36. The fourth-order valence-electron chi connectivity index (χ4n) is 1.64. The van der Waals surface area contributed by atoms with E-state index in [0.29, 0.717) is 11.5 Å². The fourth-order valence-corrected chi connectivity index (χ4v) is 1.64. The Morgan fingerprint density at radius 1 is 0.909 bits per heavy atom. The summed E-state index contributed by atoms with van der Waals surface area (Å²) in [6, 6.07) is 18.0. The van der Waals surface area contributed by atoms with Gasteiger partial charge >= 0.3 is 0 Å². The monoisotopic (exact) mass is 291 g/mol. The standard InChI is InChI=1S/C17H13N3O2/c1-21-15-6-8-17(9-7-15)22-16-4-2-14(3-5-16)20-12-13(10-18)11-19/h2-9,12,20H,1H3. The molecule has 22 heavy (non-hydrogen) atoms. The summed E-state index contributed by atoms with van der Waals surface area (Å²) in [4.78, 5) is 0. The molecule has 2 aromatic rings. The van der Waals surface area contributed by atoms with E-state index in [1.807, 2.05) is 24.3 Å². The highest BCUT2D eigenvalue weighted by atomic mass is 16.5. The molecule has 0 unspecified atom stereocenters. The summed E-state index contributed by atoms with van der Waals surface area (Å²) in [5, 5.41) is 20.2. The molecule has 0 fully saturated rings. The van der Waals surface area contributed by atoms with Gasteiger partial charge in [0.05, 0.1) is 7.11 Å². The molecule has 0 aliphatic carbocycles. The highest BCUT2D eigenvalue weighted by Gasteiger charge is 1.99. The molecule has 0 aliphatic heterocycles. The van der Waals surface area contributed by atoms with Gasteiger partial charge in [-0.1, -0.05) is 0 Å². The van der Waals surface area contributed by atoms with Crippen molar-refractivity contribution in [2.24, 2.45) is 0 Å². The molecule has 2 rings (SSSR count). The summed E-state index contributed by atoms with van der Waals surface area (Å²) in [7, 11) is 1.61. The van der Waals surface area contributed by atoms with Crippen molar-refractivity contribution < 1.29 is 9.47 Å². The third kappa shape index (κ3) is 4.03. The van der Waals surface area contributed by atoms with E-state index in [1.54, 1.807) is 43.5 Å². The zero-order valence-corrected chi connectivity index (χ0v) is 11.9. The van der Waals surface area contributed by atoms with Gasteiger partial charge in [0.2, 0.25) is 0 Å². The van der Waals surface area contributed by atoms with Gasteiger partial charge in [0.15, 0.2) is 0 Å². The maximum atomic E-state index is 8.64. The number of nitrogens with one attached hydrogen (secondary N) is 1. The quantitative estimate of drug-likeness (QED) is 0.847. The number of hydrogen-bond acceptors (Lipinski definition) is 5. The average Bonchev–Trinajstić information content (AvgIpc) is 2.58. The minimum Gasteiger partial charge on any atom is -0.497 e. The summed E-state index contributed by atoms with van der Waals surface area (Å²) in [5.41, 5.74) is 0.767. The number of methoxy groups -OCH3 is 1. The molecule has 0 amide bonds. The Morgan fingerprint density at radius 2 is 1.41 bits per heavy atom. The molecule has 0 saturated carbocycles. The first-order chi connectivity index (χ1) is 10.7. The molecule has 0 bridgehead atoms. The van der Waals surface area contributed by atoms with Gasteiger partial charge in [-0.15, -0.1) is 0 Å². The number of benzene rings is 2. The smallest absolute Gasteiger partial charge is 0.145 e. The summed E-state index contributed by atoms with van der Waals surface area (Å²) < 4.78 is 10.8. The van der Waals surface area contributed by atoms with Crippen LogP contribution in [0.5, 0.6) is 17.2 Å². The van der Waals surface area contributed by atoms with Crippen LogP contribution in [0.4, 0.5) is 5.69 Å². The second kappa shape index (κ2) is 7.37. The molecule has 5 nitrogen and oxygen atoms in total. The van der Waals surface area contributed by atoms with E-state index in [4.69, 9.17) is 20.0 Å². The Bertz CT molecular complexity index is 719. The lowest BCUT2D eigenvalue weighted by molar-refractivity contribution is 0.413. The lowest BCUT2D eigenvalue weighted by Crippen LogP contribution is -1.90. The fraction of sp³-hybridized carbons (Fsp3) is 0.0588. The Morgan fingerprint density at radius 3 is 1.91 bits per heavy atom. The van der Waals surface area contributed by atoms with Crippen molar-refractivity contribution >= 4 is 5.69 Å². The number of nitriles is 2. The van der Waals surface area contributed by atoms with Crippen molar-refractivity contribution in [3.63, 3.8) is 0 Å². The minimum atomic E-state index is 0.0126. The third-order valence-electron chi connectivity index (χ3n) is 2.77. The van der Waals surface area contributed by atoms with Crippen molar-refractivity contribution in [1.29, 1.82) is 10.5 Å². The highest BCUT2D eigenvalue weighted by molar-refractivity contribution is 5.51. The highest BCUT2D eigenvalue weighted by Crippen LogP contribution is 2.24. The molecular formula is C17H13N3O2. The number of anilines is 1. The van der Waals surface area contributed by atoms with E-state index >= 15 is 0 Å². The van der Waals surface area contributed by atoms with Crippen molar-refractivity contribution in [3.8, 4) is 29.4 Å². The van der Waals surface area contributed by atoms with Gasteiger partial charge in [0, 0.05) is 11.9 Å². The van der Waals surface area contributed by atoms with Crippen LogP contribution in [-0.2, 0) is 0 Å². The van der Waals surface area contributed by atoms with Crippen molar-refractivity contribution in [3.05, 3.63) is 60.3 Å². The summed E-state index contributed by atoms with van der Waals surface area (Å²) in [5.74, 6) is 2.16. The Hall–Kier alpha value is -3.44. The zero-order chi connectivity index (χ0) is 15.8. The molecule has 5 heteroatoms. The molecule has 0 atom stereocenters. The Balaban J connectivity index is 2.01. The average molecular weight is 291 g/mol. The van der Waals surface area contributed by atoms with Gasteiger partial charge in [0.1, 0.15) is 35.0 Å². The van der Waals surface area contributed by atoms with E-state index in [2.05, 4.69) is 5.32 Å². The first kappa shape index (κ1) is 15.0. The molecule has 0 aromatic heterocycles. The number of nitrogens with zero attached hydrogens (tertiary/aromatic N) is 2. The zero-order valence-electron chi connectivity index (χ0n) is 11.9. The van der Waals surface area contributed by atoms with Crippen LogP contribution in [0.2, 0.25) is 0 Å². The topological polar surface area (TPSA) is 78.1 Å². The molecule has 1 N–H and O–H groups in total. The largest absolute Gasteiger partial charge is 0.497 e. The summed E-state index contributed by atoms with van der Waals surface area (Å²) in [6.45, 7) is 0. The minimum absolute atomic E-state index is 0.0126. The lowest BCUT2D eigenvalue weighted by Gasteiger charge is -2.07. The van der Waals surface area contributed by atoms with Crippen LogP contribution in [0.1, 0.15) is 0 Å². The van der Waals surface area contributed by atoms with Crippen LogP contribution in [-0.4, -0.2) is 7.11 Å². The van der Waals surface area contributed by atoms with Gasteiger partial charge in [-0.3, -0.25) is 0 Å². The van der Waals surface area contributed by atoms with Gasteiger partial charge in [0.25, 0.3) is 0 Å². The third-order valence-corrected chi connectivity index (χ3v) is 2.77. The first-order valence-corrected chi connectivity index (χ1v) is 6.44. The van der Waals surface area contributed by atoms with E-state index < -0.39 is 0 Å². The first-order valence-electron chi connectivity index (χ1n) is 6.44. The van der Waals surface area contributed by atoms with Crippen LogP contribution >= 0.6 is 0 Å². The van der Waals surface area contributed by atoms with E-state index in [9.17, 15) is 0 Å². The van der Waals surface area contributed by atoms with Gasteiger partial charge in [-0.2, -0.15) is 10.5 Å². The van der Waals surface area contributed by atoms with E-state index in [1.165, 1.54) is 6.20 Å². The SMILES string of the molecule is COc1ccc(Oc2ccc(NC=C(C#N)C#N)cc2)cc1. The molecular weight excluding hydrogens is 278 g/mol. The Kier molecular flexibility index (Phi) is 5.01. The molecule has 2 aromatic carbocycles. The predicted octanol–water partition coefficient (Wildman–Crippen LogP) is 3.83. The molecule has 0 spiro atoms. The molecule has 0 aliphatic rings.